The van der Waals surface area contributed by atoms with Crippen molar-refractivity contribution >= 4 is 17.7 Å². The molecular weight excluding hydrogens is 360 g/mol. The van der Waals surface area contributed by atoms with Crippen molar-refractivity contribution in [3.8, 4) is 11.5 Å². The number of amides is 1. The lowest BCUT2D eigenvalue weighted by molar-refractivity contribution is -0.121. The summed E-state index contributed by atoms with van der Waals surface area (Å²) in [6, 6.07) is 11.6. The summed E-state index contributed by atoms with van der Waals surface area (Å²) in [5.41, 5.74) is 2.03. The van der Waals surface area contributed by atoms with E-state index in [9.17, 15) is 4.79 Å². The molecule has 6 heteroatoms. The topological polar surface area (TPSA) is 60.5 Å². The van der Waals surface area contributed by atoms with E-state index in [1.165, 1.54) is 0 Å². The Balaban J connectivity index is 1.81. The normalized spacial score (nSPS) is 11.7. The fourth-order valence-corrected chi connectivity index (χ4v) is 3.41. The van der Waals surface area contributed by atoms with Crippen LogP contribution in [0.25, 0.3) is 0 Å². The number of rotatable bonds is 11. The summed E-state index contributed by atoms with van der Waals surface area (Å²) in [5.74, 6) is 3.07. The molecule has 146 valence electrons. The molecule has 0 aliphatic carbocycles. The van der Waals surface area contributed by atoms with E-state index in [0.29, 0.717) is 25.4 Å². The van der Waals surface area contributed by atoms with Gasteiger partial charge in [0.25, 0.3) is 0 Å². The van der Waals surface area contributed by atoms with Crippen LogP contribution < -0.4 is 14.8 Å². The molecule has 0 saturated heterocycles. The Morgan fingerprint density at radius 1 is 1.15 bits per heavy atom. The molecule has 1 N–H and O–H groups in total. The SMILES string of the molecule is CCOc1ccc(C(C)NC(=O)CCSCc2ccccn2)cc1OCC. The van der Waals surface area contributed by atoms with E-state index in [2.05, 4.69) is 10.3 Å². The zero-order valence-electron chi connectivity index (χ0n) is 16.2. The van der Waals surface area contributed by atoms with Gasteiger partial charge in [0.15, 0.2) is 11.5 Å². The fraction of sp³-hybridized carbons (Fsp3) is 0.429. The number of aromatic nitrogens is 1. The molecule has 0 fully saturated rings. The number of nitrogens with one attached hydrogen (secondary N) is 1. The van der Waals surface area contributed by atoms with Gasteiger partial charge >= 0.3 is 0 Å². The minimum Gasteiger partial charge on any atom is -0.490 e. The van der Waals surface area contributed by atoms with Crippen LogP contribution in [0.3, 0.4) is 0 Å². The second kappa shape index (κ2) is 11.5. The van der Waals surface area contributed by atoms with Crippen LogP contribution in [-0.4, -0.2) is 29.9 Å². The van der Waals surface area contributed by atoms with Crippen LogP contribution in [0.4, 0.5) is 0 Å². The molecule has 0 bridgehead atoms. The molecule has 0 aliphatic rings. The van der Waals surface area contributed by atoms with Crippen LogP contribution in [0.5, 0.6) is 11.5 Å². The van der Waals surface area contributed by atoms with E-state index < -0.39 is 0 Å². The molecule has 1 heterocycles. The summed E-state index contributed by atoms with van der Waals surface area (Å²) in [6.45, 7) is 7.01. The molecule has 1 amide bonds. The van der Waals surface area contributed by atoms with Gasteiger partial charge in [-0.15, -0.1) is 0 Å². The number of carbonyl (C=O) groups excluding carboxylic acids is 1. The van der Waals surface area contributed by atoms with E-state index in [1.54, 1.807) is 18.0 Å². The van der Waals surface area contributed by atoms with Gasteiger partial charge in [0.2, 0.25) is 5.91 Å². The molecule has 2 aromatic rings. The number of pyridine rings is 1. The van der Waals surface area contributed by atoms with Crippen LogP contribution in [0, 0.1) is 0 Å². The van der Waals surface area contributed by atoms with Crippen molar-refractivity contribution in [3.63, 3.8) is 0 Å². The maximum atomic E-state index is 12.2. The Hall–Kier alpha value is -2.21. The van der Waals surface area contributed by atoms with Gasteiger partial charge in [-0.05, 0) is 50.6 Å². The summed E-state index contributed by atoms with van der Waals surface area (Å²) in [7, 11) is 0. The standard InChI is InChI=1S/C21H28N2O3S/c1-4-25-19-10-9-17(14-20(19)26-5-2)16(3)23-21(24)11-13-27-15-18-8-6-7-12-22-18/h6-10,12,14,16H,4-5,11,13,15H2,1-3H3,(H,23,24). The second-order valence-corrected chi connectivity index (χ2v) is 7.09. The first-order valence-electron chi connectivity index (χ1n) is 9.30. The largest absolute Gasteiger partial charge is 0.490 e. The molecule has 0 spiro atoms. The summed E-state index contributed by atoms with van der Waals surface area (Å²) >= 11 is 1.71. The minimum atomic E-state index is -0.0897. The van der Waals surface area contributed by atoms with Gasteiger partial charge in [0.05, 0.1) is 24.9 Å². The summed E-state index contributed by atoms with van der Waals surface area (Å²) in [4.78, 5) is 16.5. The third-order valence-corrected chi connectivity index (χ3v) is 4.89. The summed E-state index contributed by atoms with van der Waals surface area (Å²) in [6.07, 6.45) is 2.27. The number of thioether (sulfide) groups is 1. The molecule has 0 saturated carbocycles. The number of ether oxygens (including phenoxy) is 2. The van der Waals surface area contributed by atoms with Gasteiger partial charge in [-0.3, -0.25) is 9.78 Å². The fourth-order valence-electron chi connectivity index (χ4n) is 2.56. The van der Waals surface area contributed by atoms with E-state index in [4.69, 9.17) is 9.47 Å². The molecular formula is C21H28N2O3S. The quantitative estimate of drug-likeness (QED) is 0.579. The van der Waals surface area contributed by atoms with Gasteiger partial charge in [-0.1, -0.05) is 12.1 Å². The number of benzene rings is 1. The predicted molar refractivity (Wildman–Crippen MR) is 110 cm³/mol. The highest BCUT2D eigenvalue weighted by atomic mass is 32.2. The number of nitrogens with zero attached hydrogens (tertiary/aromatic N) is 1. The maximum absolute atomic E-state index is 12.2. The Bertz CT molecular complexity index is 710. The van der Waals surface area contributed by atoms with Gasteiger partial charge in [-0.25, -0.2) is 0 Å². The molecule has 5 nitrogen and oxygen atoms in total. The van der Waals surface area contributed by atoms with Crippen molar-refractivity contribution in [2.24, 2.45) is 0 Å². The lowest BCUT2D eigenvalue weighted by Gasteiger charge is -2.17. The first-order chi connectivity index (χ1) is 13.1. The third kappa shape index (κ3) is 7.13. The van der Waals surface area contributed by atoms with Crippen molar-refractivity contribution in [2.75, 3.05) is 19.0 Å². The number of hydrogen-bond donors (Lipinski definition) is 1. The average molecular weight is 389 g/mol. The molecule has 27 heavy (non-hydrogen) atoms. The van der Waals surface area contributed by atoms with Crippen molar-refractivity contribution in [1.82, 2.24) is 10.3 Å². The number of hydrogen-bond acceptors (Lipinski definition) is 5. The van der Waals surface area contributed by atoms with Crippen LogP contribution >= 0.6 is 11.8 Å². The Labute approximate surface area is 165 Å². The Morgan fingerprint density at radius 2 is 1.93 bits per heavy atom. The van der Waals surface area contributed by atoms with Crippen molar-refractivity contribution < 1.29 is 14.3 Å². The van der Waals surface area contributed by atoms with Gasteiger partial charge in [-0.2, -0.15) is 11.8 Å². The Morgan fingerprint density at radius 3 is 2.63 bits per heavy atom. The van der Waals surface area contributed by atoms with Gasteiger partial charge in [0.1, 0.15) is 0 Å². The minimum absolute atomic E-state index is 0.0443. The third-order valence-electron chi connectivity index (χ3n) is 3.89. The molecule has 1 unspecified atom stereocenters. The number of carbonyl (C=O) groups is 1. The summed E-state index contributed by atoms with van der Waals surface area (Å²) < 4.78 is 11.2. The van der Waals surface area contributed by atoms with Crippen molar-refractivity contribution in [3.05, 3.63) is 53.9 Å². The molecule has 2 rings (SSSR count). The molecule has 0 radical (unpaired) electrons. The first-order valence-corrected chi connectivity index (χ1v) is 10.5. The lowest BCUT2D eigenvalue weighted by atomic mass is 10.1. The monoisotopic (exact) mass is 388 g/mol. The smallest absolute Gasteiger partial charge is 0.221 e. The molecule has 0 aliphatic heterocycles. The van der Waals surface area contributed by atoms with Gasteiger partial charge < -0.3 is 14.8 Å². The average Bonchev–Trinajstić information content (AvgIpc) is 2.68. The van der Waals surface area contributed by atoms with Crippen molar-refractivity contribution in [1.29, 1.82) is 0 Å². The molecule has 1 aromatic heterocycles. The molecule has 1 atom stereocenters. The Kier molecular flexibility index (Phi) is 8.98. The lowest BCUT2D eigenvalue weighted by Crippen LogP contribution is -2.26. The van der Waals surface area contributed by atoms with Crippen molar-refractivity contribution in [2.45, 2.75) is 39.0 Å². The van der Waals surface area contributed by atoms with E-state index in [0.717, 1.165) is 28.5 Å². The zero-order chi connectivity index (χ0) is 19.5. The highest BCUT2D eigenvalue weighted by Crippen LogP contribution is 2.30. The van der Waals surface area contributed by atoms with E-state index >= 15 is 0 Å². The van der Waals surface area contributed by atoms with Gasteiger partial charge in [0, 0.05) is 24.1 Å². The van der Waals surface area contributed by atoms with Crippen LogP contribution in [0.1, 0.15) is 44.5 Å². The van der Waals surface area contributed by atoms with Crippen LogP contribution in [-0.2, 0) is 10.5 Å². The zero-order valence-corrected chi connectivity index (χ0v) is 17.1. The summed E-state index contributed by atoms with van der Waals surface area (Å²) in [5, 5.41) is 3.05. The van der Waals surface area contributed by atoms with Crippen LogP contribution in [0.2, 0.25) is 0 Å². The van der Waals surface area contributed by atoms with E-state index in [1.807, 2.05) is 57.2 Å². The van der Waals surface area contributed by atoms with Crippen LogP contribution in [0.15, 0.2) is 42.6 Å². The maximum Gasteiger partial charge on any atom is 0.221 e. The highest BCUT2D eigenvalue weighted by molar-refractivity contribution is 7.98. The second-order valence-electron chi connectivity index (χ2n) is 5.99. The van der Waals surface area contributed by atoms with E-state index in [-0.39, 0.29) is 11.9 Å². The highest BCUT2D eigenvalue weighted by Gasteiger charge is 2.13. The predicted octanol–water partition coefficient (Wildman–Crippen LogP) is 4.38. The molecule has 1 aromatic carbocycles. The first kappa shape index (κ1) is 21.1.